The van der Waals surface area contributed by atoms with Crippen molar-refractivity contribution in [1.29, 1.82) is 0 Å². The predicted octanol–water partition coefficient (Wildman–Crippen LogP) is 3.84. The lowest BCUT2D eigenvalue weighted by atomic mass is 9.89. The number of carbonyl (C=O) groups is 1. The summed E-state index contributed by atoms with van der Waals surface area (Å²) >= 11 is 1.41. The van der Waals surface area contributed by atoms with Crippen LogP contribution in [0.2, 0.25) is 0 Å². The third-order valence-electron chi connectivity index (χ3n) is 3.28. The molecule has 0 radical (unpaired) electrons. The second-order valence-electron chi connectivity index (χ2n) is 4.33. The Hall–Kier alpha value is -1.54. The summed E-state index contributed by atoms with van der Waals surface area (Å²) in [5.74, 6) is 0. The van der Waals surface area contributed by atoms with Gasteiger partial charge in [0.1, 0.15) is 0 Å². The summed E-state index contributed by atoms with van der Waals surface area (Å²) in [7, 11) is 0. The summed E-state index contributed by atoms with van der Waals surface area (Å²) in [6.45, 7) is 2.12. The highest BCUT2D eigenvalue weighted by molar-refractivity contribution is 8.15. The fourth-order valence-corrected chi connectivity index (χ4v) is 3.54. The van der Waals surface area contributed by atoms with Gasteiger partial charge in [-0.1, -0.05) is 66.4 Å². The Bertz CT molecular complexity index is 576. The summed E-state index contributed by atoms with van der Waals surface area (Å²) in [4.78, 5) is 12.0. The molecule has 0 amide bonds. The molecule has 0 saturated carbocycles. The van der Waals surface area contributed by atoms with Crippen LogP contribution in [0.25, 0.3) is 0 Å². The van der Waals surface area contributed by atoms with Crippen LogP contribution in [0.15, 0.2) is 54.6 Å². The van der Waals surface area contributed by atoms with Gasteiger partial charge in [0.2, 0.25) is 5.12 Å². The predicted molar refractivity (Wildman–Crippen MR) is 71.3 cm³/mol. The molecular formula is C15H12OS. The lowest BCUT2D eigenvalue weighted by molar-refractivity contribution is 0.109. The van der Waals surface area contributed by atoms with Gasteiger partial charge in [0, 0.05) is 5.56 Å². The average molecular weight is 240 g/mol. The van der Waals surface area contributed by atoms with Gasteiger partial charge in [-0.2, -0.15) is 0 Å². The van der Waals surface area contributed by atoms with E-state index < -0.39 is 0 Å². The van der Waals surface area contributed by atoms with Crippen LogP contribution in [0.4, 0.5) is 0 Å². The van der Waals surface area contributed by atoms with Crippen LogP contribution in [0.1, 0.15) is 28.4 Å². The Balaban J connectivity index is 2.21. The first-order valence-electron chi connectivity index (χ1n) is 5.60. The first kappa shape index (κ1) is 10.6. The molecule has 2 aromatic rings. The summed E-state index contributed by atoms with van der Waals surface area (Å²) < 4.78 is -0.241. The minimum absolute atomic E-state index is 0.173. The molecule has 0 aromatic heterocycles. The molecule has 1 aliphatic heterocycles. The number of hydrogen-bond donors (Lipinski definition) is 0. The summed E-state index contributed by atoms with van der Waals surface area (Å²) in [6, 6.07) is 18.1. The van der Waals surface area contributed by atoms with Crippen LogP contribution in [0.5, 0.6) is 0 Å². The van der Waals surface area contributed by atoms with Crippen LogP contribution < -0.4 is 0 Å². The van der Waals surface area contributed by atoms with Gasteiger partial charge >= 0.3 is 0 Å². The van der Waals surface area contributed by atoms with Crippen LogP contribution in [0.3, 0.4) is 0 Å². The normalized spacial score (nSPS) is 22.5. The SMILES string of the molecule is CC1(c2ccccc2)SC(=O)c2ccccc21. The summed E-state index contributed by atoms with van der Waals surface area (Å²) in [6.07, 6.45) is 0. The van der Waals surface area contributed by atoms with Crippen molar-refractivity contribution in [2.45, 2.75) is 11.7 Å². The molecule has 1 atom stereocenters. The molecular weight excluding hydrogens is 228 g/mol. The molecule has 2 aromatic carbocycles. The quantitative estimate of drug-likeness (QED) is 0.753. The Morgan fingerprint density at radius 3 is 2.35 bits per heavy atom. The Morgan fingerprint density at radius 1 is 0.941 bits per heavy atom. The minimum atomic E-state index is -0.241. The smallest absolute Gasteiger partial charge is 0.220 e. The zero-order valence-electron chi connectivity index (χ0n) is 9.51. The molecule has 3 rings (SSSR count). The van der Waals surface area contributed by atoms with Crippen molar-refractivity contribution in [3.8, 4) is 0 Å². The average Bonchev–Trinajstić information content (AvgIpc) is 2.65. The van der Waals surface area contributed by atoms with E-state index in [0.717, 1.165) is 11.1 Å². The van der Waals surface area contributed by atoms with Gasteiger partial charge in [-0.3, -0.25) is 4.79 Å². The van der Waals surface area contributed by atoms with Crippen LogP contribution in [0, 0.1) is 0 Å². The molecule has 0 bridgehead atoms. The highest BCUT2D eigenvalue weighted by Gasteiger charge is 2.41. The Kier molecular flexibility index (Phi) is 2.33. The van der Waals surface area contributed by atoms with Gasteiger partial charge in [0.05, 0.1) is 4.75 Å². The summed E-state index contributed by atoms with van der Waals surface area (Å²) in [5, 5.41) is 0.173. The van der Waals surface area contributed by atoms with E-state index in [9.17, 15) is 4.79 Å². The van der Waals surface area contributed by atoms with Gasteiger partial charge in [-0.05, 0) is 18.1 Å². The zero-order valence-corrected chi connectivity index (χ0v) is 10.3. The molecule has 0 N–H and O–H groups in total. The molecule has 1 unspecified atom stereocenters. The highest BCUT2D eigenvalue weighted by Crippen LogP contribution is 2.50. The van der Waals surface area contributed by atoms with Gasteiger partial charge < -0.3 is 0 Å². The molecule has 84 valence electrons. The highest BCUT2D eigenvalue weighted by atomic mass is 32.2. The standard InChI is InChI=1S/C15H12OS/c1-15(11-7-3-2-4-8-11)13-10-6-5-9-12(13)14(16)17-15/h2-10H,1H3. The molecule has 1 nitrogen and oxygen atoms in total. The maximum absolute atomic E-state index is 12.0. The van der Waals surface area contributed by atoms with E-state index in [1.807, 2.05) is 36.4 Å². The lowest BCUT2D eigenvalue weighted by Crippen LogP contribution is -2.15. The second-order valence-corrected chi connectivity index (χ2v) is 5.73. The van der Waals surface area contributed by atoms with Crippen molar-refractivity contribution in [2.75, 3.05) is 0 Å². The molecule has 1 heterocycles. The Labute approximate surface area is 105 Å². The van der Waals surface area contributed by atoms with Crippen molar-refractivity contribution in [3.63, 3.8) is 0 Å². The van der Waals surface area contributed by atoms with Gasteiger partial charge in [-0.25, -0.2) is 0 Å². The van der Waals surface area contributed by atoms with Gasteiger partial charge in [0.25, 0.3) is 0 Å². The monoisotopic (exact) mass is 240 g/mol. The minimum Gasteiger partial charge on any atom is -0.282 e. The number of carbonyl (C=O) groups excluding carboxylic acids is 1. The topological polar surface area (TPSA) is 17.1 Å². The fraction of sp³-hybridized carbons (Fsp3) is 0.133. The Morgan fingerprint density at radius 2 is 1.59 bits per heavy atom. The molecule has 1 aliphatic rings. The van der Waals surface area contributed by atoms with Crippen molar-refractivity contribution >= 4 is 16.9 Å². The number of benzene rings is 2. The van der Waals surface area contributed by atoms with E-state index in [2.05, 4.69) is 25.1 Å². The van der Waals surface area contributed by atoms with Crippen molar-refractivity contribution in [3.05, 3.63) is 71.3 Å². The van der Waals surface area contributed by atoms with Crippen molar-refractivity contribution in [2.24, 2.45) is 0 Å². The molecule has 2 heteroatoms. The number of hydrogen-bond acceptors (Lipinski definition) is 2. The molecule has 17 heavy (non-hydrogen) atoms. The number of fused-ring (bicyclic) bond motifs is 1. The maximum Gasteiger partial charge on any atom is 0.220 e. The third kappa shape index (κ3) is 1.52. The molecule has 0 saturated heterocycles. The van der Waals surface area contributed by atoms with E-state index >= 15 is 0 Å². The molecule has 0 spiro atoms. The van der Waals surface area contributed by atoms with Gasteiger partial charge in [0.15, 0.2) is 0 Å². The van der Waals surface area contributed by atoms with Crippen LogP contribution in [-0.2, 0) is 4.75 Å². The number of thioether (sulfide) groups is 1. The fourth-order valence-electron chi connectivity index (χ4n) is 2.34. The van der Waals surface area contributed by atoms with E-state index in [1.165, 1.54) is 17.3 Å². The first-order chi connectivity index (χ1) is 8.22. The summed E-state index contributed by atoms with van der Waals surface area (Å²) in [5.41, 5.74) is 3.16. The van der Waals surface area contributed by atoms with Crippen LogP contribution >= 0.6 is 11.8 Å². The van der Waals surface area contributed by atoms with Crippen molar-refractivity contribution in [1.82, 2.24) is 0 Å². The maximum atomic E-state index is 12.0. The van der Waals surface area contributed by atoms with Crippen LogP contribution in [-0.4, -0.2) is 5.12 Å². The molecule has 0 aliphatic carbocycles. The lowest BCUT2D eigenvalue weighted by Gasteiger charge is -2.23. The second kappa shape index (κ2) is 3.74. The molecule has 0 fully saturated rings. The largest absolute Gasteiger partial charge is 0.282 e. The van der Waals surface area contributed by atoms with E-state index in [-0.39, 0.29) is 9.86 Å². The van der Waals surface area contributed by atoms with Crippen molar-refractivity contribution < 1.29 is 4.79 Å². The zero-order chi connectivity index (χ0) is 11.9. The third-order valence-corrected chi connectivity index (χ3v) is 4.55. The number of rotatable bonds is 1. The van der Waals surface area contributed by atoms with E-state index in [0.29, 0.717) is 0 Å². The van der Waals surface area contributed by atoms with E-state index in [1.54, 1.807) is 0 Å². The van der Waals surface area contributed by atoms with E-state index in [4.69, 9.17) is 0 Å². The van der Waals surface area contributed by atoms with Gasteiger partial charge in [-0.15, -0.1) is 0 Å². The first-order valence-corrected chi connectivity index (χ1v) is 6.42.